The Kier molecular flexibility index (Phi) is 16.8. The molecule has 0 amide bonds. The predicted molar refractivity (Wildman–Crippen MR) is 148 cm³/mol. The molecule has 0 heterocycles. The van der Waals surface area contributed by atoms with Gasteiger partial charge in [0.1, 0.15) is 37.1 Å². The molecule has 1 atom stereocenters. The van der Waals surface area contributed by atoms with E-state index in [-0.39, 0.29) is 33.0 Å². The topological polar surface area (TPSA) is 72.5 Å². The summed E-state index contributed by atoms with van der Waals surface area (Å²) in [6.45, 7) is 14.0. The molecule has 1 unspecified atom stereocenters. The van der Waals surface area contributed by atoms with Crippen LogP contribution < -0.4 is 19.5 Å². The molecule has 0 aliphatic carbocycles. The van der Waals surface area contributed by atoms with E-state index in [1.165, 1.54) is 0 Å². The van der Waals surface area contributed by atoms with Crippen LogP contribution in [0, 0.1) is 13.8 Å². The fourth-order valence-corrected chi connectivity index (χ4v) is 4.70. The molecule has 0 bridgehead atoms. The number of benzene rings is 2. The van der Waals surface area contributed by atoms with Gasteiger partial charge in [-0.3, -0.25) is 4.79 Å². The van der Waals surface area contributed by atoms with Gasteiger partial charge in [0.25, 0.3) is 0 Å². The molecule has 0 fully saturated rings. The van der Waals surface area contributed by atoms with E-state index in [1.807, 2.05) is 65.0 Å². The first-order chi connectivity index (χ1) is 17.0. The van der Waals surface area contributed by atoms with Crippen molar-refractivity contribution >= 4 is 38.3 Å². The van der Waals surface area contributed by atoms with E-state index in [2.05, 4.69) is 0 Å². The van der Waals surface area contributed by atoms with Crippen LogP contribution in [0.15, 0.2) is 30.3 Å². The second-order valence-electron chi connectivity index (χ2n) is 7.65. The molecule has 2 aromatic rings. The van der Waals surface area contributed by atoms with E-state index in [1.54, 1.807) is 0 Å². The van der Waals surface area contributed by atoms with Crippen molar-refractivity contribution in [2.24, 2.45) is 0 Å². The van der Waals surface area contributed by atoms with Crippen molar-refractivity contribution in [1.82, 2.24) is 0 Å². The molecule has 0 aliphatic rings. The zero-order valence-electron chi connectivity index (χ0n) is 21.6. The van der Waals surface area contributed by atoms with Crippen LogP contribution in [0.1, 0.15) is 42.3 Å². The van der Waals surface area contributed by atoms with Gasteiger partial charge >= 0.3 is 18.9 Å². The van der Waals surface area contributed by atoms with Crippen molar-refractivity contribution in [3.8, 4) is 17.2 Å². The first-order valence-corrected chi connectivity index (χ1v) is 13.2. The average Bonchev–Trinajstić information content (AvgIpc) is 2.84. The van der Waals surface area contributed by atoms with Gasteiger partial charge < -0.3 is 28.4 Å². The van der Waals surface area contributed by atoms with Gasteiger partial charge in [-0.25, -0.2) is 0 Å². The summed E-state index contributed by atoms with van der Waals surface area (Å²) in [5, 5.41) is 0.711. The molecule has 0 saturated carbocycles. The summed E-state index contributed by atoms with van der Waals surface area (Å²) in [7, 11) is -0.182. The van der Waals surface area contributed by atoms with Gasteiger partial charge in [0.15, 0.2) is 5.52 Å². The quantitative estimate of drug-likeness (QED) is 0.169. The summed E-state index contributed by atoms with van der Waals surface area (Å²) in [5.41, 5.74) is 2.69. The minimum atomic E-state index is -0.182. The van der Waals surface area contributed by atoms with Gasteiger partial charge in [-0.05, 0) is 54.3 Å². The molecule has 2 rings (SSSR count). The van der Waals surface area contributed by atoms with Crippen molar-refractivity contribution in [3.63, 3.8) is 0 Å². The maximum atomic E-state index is 13.4. The summed E-state index contributed by atoms with van der Waals surface area (Å²) in [5.74, 6) is 1.71. The fourth-order valence-electron chi connectivity index (χ4n) is 3.42. The average molecular weight is 515 g/mol. The summed E-state index contributed by atoms with van der Waals surface area (Å²) < 4.78 is 34.3. The number of carbonyl (C=O) groups is 1. The second-order valence-corrected chi connectivity index (χ2v) is 8.86. The van der Waals surface area contributed by atoms with E-state index >= 15 is 0 Å². The third kappa shape index (κ3) is 10.8. The molecule has 0 N–H and O–H groups in total. The van der Waals surface area contributed by atoms with Gasteiger partial charge in [-0.2, -0.15) is 0 Å². The molecular weight excluding hydrogens is 474 g/mol. The van der Waals surface area contributed by atoms with E-state index in [4.69, 9.17) is 28.4 Å². The molecule has 9 heteroatoms. The Morgan fingerprint density at radius 2 is 1.17 bits per heavy atom. The number of hydrogen-bond donors (Lipinski definition) is 0. The molecule has 0 aromatic heterocycles. The van der Waals surface area contributed by atoms with E-state index in [9.17, 15) is 4.79 Å². The monoisotopic (exact) mass is 514 g/mol. The van der Waals surface area contributed by atoms with E-state index in [0.717, 1.165) is 16.7 Å². The molecule has 0 aliphatic heterocycles. The fraction of sp³-hybridized carbons (Fsp3) is 0.519. The van der Waals surface area contributed by atoms with Crippen molar-refractivity contribution in [3.05, 3.63) is 47.0 Å². The SMILES string of the molecule is CCOCCOc1cc(OCCOCC)c(PC(=O)c2c(C)cccc2C)c(OCCOCC)c1.[LiH]. The molecule has 0 saturated heterocycles. The molecule has 196 valence electrons. The molecular formula is C27H40LiO7P. The van der Waals surface area contributed by atoms with E-state index in [0.29, 0.717) is 82.0 Å². The summed E-state index contributed by atoms with van der Waals surface area (Å²) in [6.07, 6.45) is 0. The number of ether oxygens (including phenoxy) is 6. The number of rotatable bonds is 18. The Morgan fingerprint density at radius 3 is 1.61 bits per heavy atom. The van der Waals surface area contributed by atoms with Crippen molar-refractivity contribution in [2.75, 3.05) is 59.5 Å². The van der Waals surface area contributed by atoms with Crippen LogP contribution in [0.4, 0.5) is 0 Å². The molecule has 0 spiro atoms. The molecule has 36 heavy (non-hydrogen) atoms. The normalized spacial score (nSPS) is 10.9. The van der Waals surface area contributed by atoms with Gasteiger partial charge in [0.2, 0.25) is 0 Å². The Bertz CT molecular complexity index is 870. The van der Waals surface area contributed by atoms with Gasteiger partial charge in [0, 0.05) is 37.5 Å². The van der Waals surface area contributed by atoms with Crippen molar-refractivity contribution < 1.29 is 33.2 Å². The van der Waals surface area contributed by atoms with Crippen LogP contribution in [0.25, 0.3) is 0 Å². The Labute approximate surface area is 229 Å². The number of carbonyl (C=O) groups excluding carboxylic acids is 1. The number of hydrogen-bond acceptors (Lipinski definition) is 7. The standard InChI is InChI=1S/C27H39O7P.Li.H/c1-6-29-12-15-32-22-18-23(33-16-13-30-7-2)26(24(19-22)34-17-14-31-8-3)35-27(28)25-20(4)10-9-11-21(25)5;;/h9-11,18-19,35H,6-8,12-17H2,1-5H3;;. The van der Waals surface area contributed by atoms with Gasteiger partial charge in [0.05, 0.1) is 25.1 Å². The van der Waals surface area contributed by atoms with Crippen LogP contribution >= 0.6 is 8.58 Å². The second kappa shape index (κ2) is 18.6. The summed E-state index contributed by atoms with van der Waals surface area (Å²) >= 11 is 0. The summed E-state index contributed by atoms with van der Waals surface area (Å²) in [4.78, 5) is 13.4. The molecule has 0 radical (unpaired) electrons. The molecule has 2 aromatic carbocycles. The van der Waals surface area contributed by atoms with Crippen LogP contribution in [0.5, 0.6) is 17.2 Å². The first kappa shape index (κ1) is 32.4. The zero-order chi connectivity index (χ0) is 25.5. The third-order valence-electron chi connectivity index (χ3n) is 5.07. The minimum absolute atomic E-state index is 0. The Hall–Kier alpha value is -1.58. The first-order valence-electron chi connectivity index (χ1n) is 12.2. The Balaban J connectivity index is 0.00000648. The predicted octanol–water partition coefficient (Wildman–Crippen LogP) is 4.05. The van der Waals surface area contributed by atoms with Crippen molar-refractivity contribution in [2.45, 2.75) is 34.6 Å². The van der Waals surface area contributed by atoms with Crippen LogP contribution in [0.3, 0.4) is 0 Å². The van der Waals surface area contributed by atoms with Crippen LogP contribution in [-0.4, -0.2) is 83.8 Å². The maximum absolute atomic E-state index is 13.4. The Morgan fingerprint density at radius 1 is 0.722 bits per heavy atom. The van der Waals surface area contributed by atoms with E-state index < -0.39 is 0 Å². The molecule has 7 nitrogen and oxygen atoms in total. The van der Waals surface area contributed by atoms with Crippen molar-refractivity contribution in [1.29, 1.82) is 0 Å². The van der Waals surface area contributed by atoms with Crippen LogP contribution in [-0.2, 0) is 14.2 Å². The summed E-state index contributed by atoms with van der Waals surface area (Å²) in [6, 6.07) is 9.50. The third-order valence-corrected chi connectivity index (χ3v) is 6.29. The zero-order valence-corrected chi connectivity index (χ0v) is 22.6. The van der Waals surface area contributed by atoms with Crippen LogP contribution in [0.2, 0.25) is 0 Å². The van der Waals surface area contributed by atoms with Gasteiger partial charge in [-0.15, -0.1) is 0 Å². The number of aryl methyl sites for hydroxylation is 2. The van der Waals surface area contributed by atoms with Gasteiger partial charge in [-0.1, -0.05) is 18.2 Å².